The summed E-state index contributed by atoms with van der Waals surface area (Å²) in [6.45, 7) is 9.88. The Bertz CT molecular complexity index is 255. The van der Waals surface area contributed by atoms with E-state index in [2.05, 4.69) is 32.1 Å². The number of carboxylic acids is 1. The fraction of sp³-hybridized carbons (Fsp3) is 0.500. The van der Waals surface area contributed by atoms with Gasteiger partial charge in [0, 0.05) is 11.1 Å². The predicted octanol–water partition coefficient (Wildman–Crippen LogP) is 2.36. The molecule has 0 saturated heterocycles. The van der Waals surface area contributed by atoms with Gasteiger partial charge in [0.25, 0.3) is 0 Å². The highest BCUT2D eigenvalue weighted by Crippen LogP contribution is 2.27. The summed E-state index contributed by atoms with van der Waals surface area (Å²) in [5, 5.41) is 8.64. The van der Waals surface area contributed by atoms with Gasteiger partial charge in [-0.3, -0.25) is 0 Å². The monoisotopic (exact) mass is 196 g/mol. The molecule has 0 aromatic rings. The number of carboxylic acid groups (broad SMARTS) is 1. The average molecular weight is 196 g/mol. The minimum absolute atomic E-state index is 0.0658. The second-order valence-electron chi connectivity index (χ2n) is 4.20. The summed E-state index contributed by atoms with van der Waals surface area (Å²) in [4.78, 5) is 10.5. The first-order valence-electron chi connectivity index (χ1n) is 4.16. The van der Waals surface area contributed by atoms with Crippen molar-refractivity contribution in [2.24, 2.45) is 0 Å². The van der Waals surface area contributed by atoms with Crippen molar-refractivity contribution in [1.82, 2.24) is 0 Å². The van der Waals surface area contributed by atoms with Crippen LogP contribution in [-0.4, -0.2) is 19.1 Å². The fourth-order valence-electron chi connectivity index (χ4n) is 0.949. The van der Waals surface area contributed by atoms with Crippen LogP contribution in [0.15, 0.2) is 12.2 Å². The van der Waals surface area contributed by atoms with E-state index in [1.165, 1.54) is 0 Å². The number of rotatable bonds is 4. The molecule has 1 unspecified atom stereocenters. The molecule has 72 valence electrons. The molecule has 0 saturated carbocycles. The standard InChI is InChI=1S/C10H16O2Si/c1-6-9(13(3,4)5)7-8(2)10(11)12/h1,9H,2,7H2,3-5H3,(H,11,12). The summed E-state index contributed by atoms with van der Waals surface area (Å²) in [7, 11) is -1.46. The third kappa shape index (κ3) is 3.95. The van der Waals surface area contributed by atoms with Crippen LogP contribution in [0.2, 0.25) is 25.2 Å². The van der Waals surface area contributed by atoms with E-state index in [0.29, 0.717) is 6.42 Å². The van der Waals surface area contributed by atoms with E-state index in [1.54, 1.807) is 0 Å². The average Bonchev–Trinajstić information content (AvgIpc) is 1.96. The summed E-state index contributed by atoms with van der Waals surface area (Å²) < 4.78 is 0. The quantitative estimate of drug-likeness (QED) is 0.426. The van der Waals surface area contributed by atoms with Crippen molar-refractivity contribution in [2.75, 3.05) is 0 Å². The minimum Gasteiger partial charge on any atom is -0.478 e. The Morgan fingerprint density at radius 1 is 1.62 bits per heavy atom. The van der Waals surface area contributed by atoms with Crippen LogP contribution in [0.25, 0.3) is 0 Å². The smallest absolute Gasteiger partial charge is 0.330 e. The molecule has 0 fully saturated rings. The summed E-state index contributed by atoms with van der Waals surface area (Å²) in [6.07, 6.45) is 5.78. The van der Waals surface area contributed by atoms with Gasteiger partial charge in [0.15, 0.2) is 0 Å². The Hall–Kier alpha value is -1.01. The lowest BCUT2D eigenvalue weighted by Gasteiger charge is -2.23. The molecule has 0 aromatic carbocycles. The first-order valence-corrected chi connectivity index (χ1v) is 7.74. The van der Waals surface area contributed by atoms with Crippen LogP contribution in [-0.2, 0) is 4.79 Å². The van der Waals surface area contributed by atoms with E-state index in [-0.39, 0.29) is 11.1 Å². The summed E-state index contributed by atoms with van der Waals surface area (Å²) >= 11 is 0. The lowest BCUT2D eigenvalue weighted by atomic mass is 10.2. The van der Waals surface area contributed by atoms with Gasteiger partial charge < -0.3 is 5.11 Å². The maximum atomic E-state index is 10.5. The molecule has 0 aliphatic rings. The number of aliphatic carboxylic acids is 1. The minimum atomic E-state index is -1.46. The normalized spacial score (nSPS) is 13.1. The summed E-state index contributed by atoms with van der Waals surface area (Å²) in [6, 6.07) is 0. The van der Waals surface area contributed by atoms with Crippen LogP contribution in [0.4, 0.5) is 0 Å². The molecule has 0 aliphatic heterocycles. The molecule has 1 atom stereocenters. The van der Waals surface area contributed by atoms with Crippen LogP contribution >= 0.6 is 0 Å². The highest BCUT2D eigenvalue weighted by molar-refractivity contribution is 6.78. The third-order valence-corrected chi connectivity index (χ3v) is 4.46. The lowest BCUT2D eigenvalue weighted by molar-refractivity contribution is -0.132. The maximum absolute atomic E-state index is 10.5. The van der Waals surface area contributed by atoms with Gasteiger partial charge in [-0.25, -0.2) is 4.79 Å². The topological polar surface area (TPSA) is 37.3 Å². The molecule has 0 amide bonds. The summed E-state index contributed by atoms with van der Waals surface area (Å²) in [5.74, 6) is 1.72. The van der Waals surface area contributed by atoms with E-state index >= 15 is 0 Å². The van der Waals surface area contributed by atoms with Crippen molar-refractivity contribution in [3.05, 3.63) is 12.2 Å². The van der Waals surface area contributed by atoms with Crippen LogP contribution in [0.5, 0.6) is 0 Å². The second-order valence-corrected chi connectivity index (χ2v) is 9.63. The highest BCUT2D eigenvalue weighted by atomic mass is 28.3. The van der Waals surface area contributed by atoms with Gasteiger partial charge in [-0.05, 0) is 6.42 Å². The number of carbonyl (C=O) groups is 1. The van der Waals surface area contributed by atoms with Gasteiger partial charge in [0.1, 0.15) is 0 Å². The van der Waals surface area contributed by atoms with E-state index in [1.807, 2.05) is 0 Å². The molecule has 0 rings (SSSR count). The molecule has 13 heavy (non-hydrogen) atoms. The Balaban J connectivity index is 4.43. The van der Waals surface area contributed by atoms with E-state index in [9.17, 15) is 4.79 Å². The van der Waals surface area contributed by atoms with Gasteiger partial charge in [-0.15, -0.1) is 12.3 Å². The lowest BCUT2D eigenvalue weighted by Crippen LogP contribution is -2.28. The first kappa shape index (κ1) is 12.0. The van der Waals surface area contributed by atoms with Crippen LogP contribution in [0.3, 0.4) is 0 Å². The maximum Gasteiger partial charge on any atom is 0.330 e. The molecular weight excluding hydrogens is 180 g/mol. The van der Waals surface area contributed by atoms with Crippen molar-refractivity contribution in [2.45, 2.75) is 31.6 Å². The van der Waals surface area contributed by atoms with Crippen molar-refractivity contribution in [3.63, 3.8) is 0 Å². The van der Waals surface area contributed by atoms with Crippen LogP contribution < -0.4 is 0 Å². The molecule has 2 nitrogen and oxygen atoms in total. The number of hydrogen-bond acceptors (Lipinski definition) is 1. The second kappa shape index (κ2) is 4.29. The predicted molar refractivity (Wildman–Crippen MR) is 57.3 cm³/mol. The van der Waals surface area contributed by atoms with Crippen molar-refractivity contribution < 1.29 is 9.90 Å². The first-order chi connectivity index (χ1) is 5.79. The molecule has 0 heterocycles. The van der Waals surface area contributed by atoms with Gasteiger partial charge >= 0.3 is 5.97 Å². The zero-order chi connectivity index (χ0) is 10.6. The van der Waals surface area contributed by atoms with Gasteiger partial charge in [0.05, 0.1) is 8.07 Å². The Morgan fingerprint density at radius 3 is 2.31 bits per heavy atom. The summed E-state index contributed by atoms with van der Waals surface area (Å²) in [5.41, 5.74) is 0.279. The van der Waals surface area contributed by atoms with Gasteiger partial charge in [0.2, 0.25) is 0 Å². The third-order valence-electron chi connectivity index (χ3n) is 2.00. The molecule has 0 bridgehead atoms. The Morgan fingerprint density at radius 2 is 2.08 bits per heavy atom. The van der Waals surface area contributed by atoms with E-state index in [4.69, 9.17) is 11.5 Å². The molecule has 0 aromatic heterocycles. The van der Waals surface area contributed by atoms with E-state index < -0.39 is 14.0 Å². The van der Waals surface area contributed by atoms with Crippen LogP contribution in [0.1, 0.15) is 6.42 Å². The Kier molecular flexibility index (Phi) is 3.95. The SMILES string of the molecule is C#CC(CC(=C)C(=O)O)[Si](C)(C)C. The highest BCUT2D eigenvalue weighted by Gasteiger charge is 2.26. The Labute approximate surface area is 80.7 Å². The van der Waals surface area contributed by atoms with Gasteiger partial charge in [-0.2, -0.15) is 0 Å². The number of hydrogen-bond donors (Lipinski definition) is 1. The van der Waals surface area contributed by atoms with Crippen molar-refractivity contribution in [3.8, 4) is 12.3 Å². The molecule has 1 N–H and O–H groups in total. The largest absolute Gasteiger partial charge is 0.478 e. The zero-order valence-corrected chi connectivity index (χ0v) is 9.42. The van der Waals surface area contributed by atoms with E-state index in [0.717, 1.165) is 0 Å². The van der Waals surface area contributed by atoms with Crippen molar-refractivity contribution in [1.29, 1.82) is 0 Å². The number of terminal acetylenes is 1. The molecule has 3 heteroatoms. The zero-order valence-electron chi connectivity index (χ0n) is 8.42. The van der Waals surface area contributed by atoms with Crippen molar-refractivity contribution >= 4 is 14.0 Å². The molecular formula is C10H16O2Si. The molecule has 0 aliphatic carbocycles. The van der Waals surface area contributed by atoms with Gasteiger partial charge in [-0.1, -0.05) is 26.2 Å². The molecule has 0 spiro atoms. The fourth-order valence-corrected chi connectivity index (χ4v) is 2.31. The molecule has 0 radical (unpaired) electrons. The van der Waals surface area contributed by atoms with Crippen LogP contribution in [0, 0.1) is 12.3 Å².